The van der Waals surface area contributed by atoms with Crippen LogP contribution >= 0.6 is 11.6 Å². The third kappa shape index (κ3) is 3.52. The van der Waals surface area contributed by atoms with Crippen molar-refractivity contribution >= 4 is 33.5 Å². The van der Waals surface area contributed by atoms with E-state index in [1.807, 2.05) is 72.8 Å². The fourth-order valence-corrected chi connectivity index (χ4v) is 4.03. The van der Waals surface area contributed by atoms with Gasteiger partial charge in [0.2, 0.25) is 0 Å². The number of para-hydroxylation sites is 1. The van der Waals surface area contributed by atoms with Crippen LogP contribution < -0.4 is 0 Å². The number of hydrogen-bond donors (Lipinski definition) is 0. The molecule has 0 aliphatic rings. The Kier molecular flexibility index (Phi) is 4.63. The molecule has 4 aromatic carbocycles. The van der Waals surface area contributed by atoms with Crippen LogP contribution in [0.1, 0.15) is 0 Å². The normalized spacial score (nSPS) is 11.3. The lowest BCUT2D eigenvalue weighted by molar-refractivity contribution is 0.628. The van der Waals surface area contributed by atoms with Gasteiger partial charge in [-0.25, -0.2) is 19.3 Å². The van der Waals surface area contributed by atoms with Crippen LogP contribution in [0.15, 0.2) is 95.4 Å². The minimum absolute atomic E-state index is 0.0134. The molecule has 0 saturated carbocycles. The standard InChI is InChI=1S/C27H15ClFN3O/c28-21-14-17(11-13-22(21)29)26-30-25(16-6-2-1-3-7-16)31-27(32-26)18-10-12-20-19-8-4-5-9-23(19)33-24(20)15-18/h1-15H. The maximum atomic E-state index is 13.7. The van der Waals surface area contributed by atoms with Crippen LogP contribution in [0.25, 0.3) is 56.1 Å². The first-order valence-electron chi connectivity index (χ1n) is 10.3. The number of benzene rings is 4. The topological polar surface area (TPSA) is 51.8 Å². The molecule has 0 aliphatic heterocycles. The minimum atomic E-state index is -0.492. The molecule has 0 amide bonds. The van der Waals surface area contributed by atoms with Gasteiger partial charge in [0.1, 0.15) is 17.0 Å². The zero-order valence-electron chi connectivity index (χ0n) is 17.2. The van der Waals surface area contributed by atoms with E-state index in [2.05, 4.69) is 9.97 Å². The Labute approximate surface area is 193 Å². The summed E-state index contributed by atoms with van der Waals surface area (Å²) in [5.41, 5.74) is 3.82. The van der Waals surface area contributed by atoms with Gasteiger partial charge in [-0.2, -0.15) is 0 Å². The average molecular weight is 452 g/mol. The first-order valence-corrected chi connectivity index (χ1v) is 10.7. The Morgan fingerprint density at radius 2 is 1.18 bits per heavy atom. The summed E-state index contributed by atoms with van der Waals surface area (Å²) in [6.45, 7) is 0. The molecule has 0 N–H and O–H groups in total. The summed E-state index contributed by atoms with van der Waals surface area (Å²) in [5, 5.41) is 2.10. The van der Waals surface area contributed by atoms with E-state index in [-0.39, 0.29) is 5.02 Å². The van der Waals surface area contributed by atoms with Crippen LogP contribution in [0.2, 0.25) is 5.02 Å². The number of aromatic nitrogens is 3. The molecule has 6 rings (SSSR count). The molecule has 0 spiro atoms. The van der Waals surface area contributed by atoms with Gasteiger partial charge >= 0.3 is 0 Å². The van der Waals surface area contributed by atoms with Crippen molar-refractivity contribution in [2.24, 2.45) is 0 Å². The molecule has 4 nitrogen and oxygen atoms in total. The molecule has 33 heavy (non-hydrogen) atoms. The Bertz CT molecular complexity index is 1650. The second-order valence-corrected chi connectivity index (χ2v) is 8.02. The third-order valence-corrected chi connectivity index (χ3v) is 5.77. The molecule has 0 saturated heterocycles. The van der Waals surface area contributed by atoms with E-state index < -0.39 is 5.82 Å². The quantitative estimate of drug-likeness (QED) is 0.278. The molecule has 0 fully saturated rings. The number of furan rings is 1. The summed E-state index contributed by atoms with van der Waals surface area (Å²) < 4.78 is 19.8. The van der Waals surface area contributed by atoms with E-state index >= 15 is 0 Å². The predicted molar refractivity (Wildman–Crippen MR) is 128 cm³/mol. The van der Waals surface area contributed by atoms with Gasteiger partial charge in [0, 0.05) is 27.5 Å². The van der Waals surface area contributed by atoms with E-state index in [4.69, 9.17) is 21.0 Å². The Hall–Kier alpha value is -4.09. The molecule has 0 aliphatic carbocycles. The van der Waals surface area contributed by atoms with E-state index in [1.165, 1.54) is 12.1 Å². The van der Waals surface area contributed by atoms with Crippen LogP contribution in [-0.2, 0) is 0 Å². The van der Waals surface area contributed by atoms with Crippen molar-refractivity contribution in [2.75, 3.05) is 0 Å². The van der Waals surface area contributed by atoms with Crippen molar-refractivity contribution in [1.82, 2.24) is 15.0 Å². The summed E-state index contributed by atoms with van der Waals surface area (Å²) in [6, 6.07) is 27.9. The highest BCUT2D eigenvalue weighted by atomic mass is 35.5. The lowest BCUT2D eigenvalue weighted by Gasteiger charge is -2.09. The predicted octanol–water partition coefficient (Wildman–Crippen LogP) is 7.56. The van der Waals surface area contributed by atoms with Crippen LogP contribution in [0.4, 0.5) is 4.39 Å². The zero-order chi connectivity index (χ0) is 22.4. The van der Waals surface area contributed by atoms with Gasteiger partial charge < -0.3 is 4.42 Å². The van der Waals surface area contributed by atoms with Crippen molar-refractivity contribution in [3.05, 3.63) is 102 Å². The fraction of sp³-hybridized carbons (Fsp3) is 0. The Balaban J connectivity index is 1.56. The van der Waals surface area contributed by atoms with Crippen molar-refractivity contribution in [3.8, 4) is 34.2 Å². The van der Waals surface area contributed by atoms with Gasteiger partial charge in [-0.1, -0.05) is 66.2 Å². The maximum Gasteiger partial charge on any atom is 0.164 e. The van der Waals surface area contributed by atoms with E-state index in [9.17, 15) is 4.39 Å². The van der Waals surface area contributed by atoms with Gasteiger partial charge in [-0.15, -0.1) is 0 Å². The van der Waals surface area contributed by atoms with Crippen molar-refractivity contribution in [2.45, 2.75) is 0 Å². The molecular formula is C27H15ClFN3O. The number of rotatable bonds is 3. The van der Waals surface area contributed by atoms with Gasteiger partial charge in [-0.3, -0.25) is 0 Å². The molecule has 2 heterocycles. The SMILES string of the molecule is Fc1ccc(-c2nc(-c3ccccc3)nc(-c3ccc4c(c3)oc3ccccc34)n2)cc1Cl. The van der Waals surface area contributed by atoms with Crippen molar-refractivity contribution in [3.63, 3.8) is 0 Å². The highest BCUT2D eigenvalue weighted by Gasteiger charge is 2.15. The summed E-state index contributed by atoms with van der Waals surface area (Å²) in [7, 11) is 0. The lowest BCUT2D eigenvalue weighted by atomic mass is 10.1. The van der Waals surface area contributed by atoms with Crippen LogP contribution in [0, 0.1) is 5.82 Å². The van der Waals surface area contributed by atoms with Gasteiger partial charge in [0.25, 0.3) is 0 Å². The number of halogens is 2. The highest BCUT2D eigenvalue weighted by molar-refractivity contribution is 6.31. The van der Waals surface area contributed by atoms with Gasteiger partial charge in [-0.05, 0) is 36.4 Å². The maximum absolute atomic E-state index is 13.7. The van der Waals surface area contributed by atoms with Crippen LogP contribution in [0.5, 0.6) is 0 Å². The monoisotopic (exact) mass is 451 g/mol. The van der Waals surface area contributed by atoms with Gasteiger partial charge in [0.05, 0.1) is 5.02 Å². The first-order chi connectivity index (χ1) is 16.2. The van der Waals surface area contributed by atoms with Crippen molar-refractivity contribution < 1.29 is 8.81 Å². The largest absolute Gasteiger partial charge is 0.456 e. The summed E-state index contributed by atoms with van der Waals surface area (Å²) in [6.07, 6.45) is 0. The Morgan fingerprint density at radius 3 is 1.94 bits per heavy atom. The summed E-state index contributed by atoms with van der Waals surface area (Å²) in [5.74, 6) is 0.918. The second-order valence-electron chi connectivity index (χ2n) is 7.61. The molecular weight excluding hydrogens is 437 g/mol. The second kappa shape index (κ2) is 7.80. The lowest BCUT2D eigenvalue weighted by Crippen LogP contribution is -2.00. The fourth-order valence-electron chi connectivity index (χ4n) is 3.85. The average Bonchev–Trinajstić information content (AvgIpc) is 3.24. The zero-order valence-corrected chi connectivity index (χ0v) is 17.9. The first kappa shape index (κ1) is 19.6. The van der Waals surface area contributed by atoms with Crippen LogP contribution in [-0.4, -0.2) is 15.0 Å². The number of nitrogens with zero attached hydrogens (tertiary/aromatic N) is 3. The molecule has 2 aromatic heterocycles. The summed E-state index contributed by atoms with van der Waals surface area (Å²) >= 11 is 6.02. The molecule has 0 bridgehead atoms. The van der Waals surface area contributed by atoms with E-state index in [0.717, 1.165) is 33.1 Å². The minimum Gasteiger partial charge on any atom is -0.456 e. The smallest absolute Gasteiger partial charge is 0.164 e. The molecule has 6 aromatic rings. The highest BCUT2D eigenvalue weighted by Crippen LogP contribution is 2.32. The van der Waals surface area contributed by atoms with E-state index in [0.29, 0.717) is 23.0 Å². The van der Waals surface area contributed by atoms with Crippen molar-refractivity contribution in [1.29, 1.82) is 0 Å². The third-order valence-electron chi connectivity index (χ3n) is 5.48. The van der Waals surface area contributed by atoms with Crippen LogP contribution in [0.3, 0.4) is 0 Å². The molecule has 6 heteroatoms. The number of fused-ring (bicyclic) bond motifs is 3. The van der Waals surface area contributed by atoms with Gasteiger partial charge in [0.15, 0.2) is 17.5 Å². The molecule has 0 radical (unpaired) electrons. The molecule has 0 unspecified atom stereocenters. The van der Waals surface area contributed by atoms with E-state index in [1.54, 1.807) is 6.07 Å². The molecule has 158 valence electrons. The Morgan fingerprint density at radius 1 is 0.576 bits per heavy atom. The number of hydrogen-bond acceptors (Lipinski definition) is 4. The molecule has 0 atom stereocenters. The summed E-state index contributed by atoms with van der Waals surface area (Å²) in [4.78, 5) is 14.1.